The highest BCUT2D eigenvalue weighted by molar-refractivity contribution is 6.39. The van der Waals surface area contributed by atoms with Gasteiger partial charge in [0.2, 0.25) is 11.6 Å². The number of Topliss-reactive ketones (excluding diaryl/α,β-unsaturated/α-hetero) is 2. The van der Waals surface area contributed by atoms with Crippen molar-refractivity contribution in [3.8, 4) is 0 Å². The molecule has 0 heterocycles. The fraction of sp³-hybridized carbons (Fsp3) is 0.867. The Bertz CT molecular complexity index is 380. The summed E-state index contributed by atoms with van der Waals surface area (Å²) in [5, 5.41) is 0. The van der Waals surface area contributed by atoms with E-state index < -0.39 is 0 Å². The van der Waals surface area contributed by atoms with Crippen LogP contribution in [0.1, 0.15) is 39.5 Å². The van der Waals surface area contributed by atoms with Gasteiger partial charge in [-0.05, 0) is 36.5 Å². The molecule has 2 aliphatic rings. The zero-order chi connectivity index (χ0) is 14.2. The lowest BCUT2D eigenvalue weighted by Crippen LogP contribution is -2.56. The Balaban J connectivity index is 2.41. The Morgan fingerprint density at radius 3 is 2.42 bits per heavy atom. The molecule has 0 aromatic rings. The smallest absolute Gasteiger partial charge is 0.202 e. The second-order valence-corrected chi connectivity index (χ2v) is 7.06. The van der Waals surface area contributed by atoms with Crippen LogP contribution in [0.4, 0.5) is 0 Å². The summed E-state index contributed by atoms with van der Waals surface area (Å²) in [5.41, 5.74) is -0.249. The summed E-state index contributed by atoms with van der Waals surface area (Å²) < 4.78 is 0. The van der Waals surface area contributed by atoms with Crippen molar-refractivity contribution in [1.82, 2.24) is 0 Å². The van der Waals surface area contributed by atoms with E-state index in [4.69, 9.17) is 23.2 Å². The normalized spacial score (nSPS) is 39.5. The van der Waals surface area contributed by atoms with Gasteiger partial charge < -0.3 is 0 Å². The van der Waals surface area contributed by atoms with E-state index >= 15 is 0 Å². The quantitative estimate of drug-likeness (QED) is 0.589. The van der Waals surface area contributed by atoms with Crippen molar-refractivity contribution in [2.75, 3.05) is 11.8 Å². The van der Waals surface area contributed by atoms with Gasteiger partial charge in [0, 0.05) is 23.6 Å². The maximum absolute atomic E-state index is 12.4. The third-order valence-corrected chi connectivity index (χ3v) is 6.16. The molecular weight excluding hydrogens is 283 g/mol. The van der Waals surface area contributed by atoms with E-state index in [-0.39, 0.29) is 40.7 Å². The molecule has 0 aromatic carbocycles. The summed E-state index contributed by atoms with van der Waals surface area (Å²) in [6.45, 7) is 4.02. The Hall–Kier alpha value is -0.0800. The molecular formula is C15H22Cl2O2. The highest BCUT2D eigenvalue weighted by Crippen LogP contribution is 2.54. The first kappa shape index (κ1) is 15.3. The van der Waals surface area contributed by atoms with Crippen molar-refractivity contribution in [2.24, 2.45) is 29.1 Å². The largest absolute Gasteiger partial charge is 0.291 e. The molecule has 0 amide bonds. The van der Waals surface area contributed by atoms with E-state index in [1.165, 1.54) is 0 Å². The van der Waals surface area contributed by atoms with Crippen LogP contribution in [0.2, 0.25) is 0 Å². The minimum Gasteiger partial charge on any atom is -0.291 e. The molecule has 0 saturated heterocycles. The summed E-state index contributed by atoms with van der Waals surface area (Å²) in [6.07, 6.45) is 3.54. The van der Waals surface area contributed by atoms with Gasteiger partial charge in [0.25, 0.3) is 0 Å². The molecule has 2 nitrogen and oxygen atoms in total. The zero-order valence-electron chi connectivity index (χ0n) is 11.6. The number of hydrogen-bond donors (Lipinski definition) is 0. The molecule has 4 unspecified atom stereocenters. The van der Waals surface area contributed by atoms with Crippen LogP contribution in [0.15, 0.2) is 0 Å². The van der Waals surface area contributed by atoms with E-state index in [9.17, 15) is 9.59 Å². The van der Waals surface area contributed by atoms with Crippen LogP contribution in [0, 0.1) is 29.1 Å². The van der Waals surface area contributed by atoms with Crippen molar-refractivity contribution >= 4 is 34.8 Å². The molecule has 19 heavy (non-hydrogen) atoms. The SMILES string of the molecule is CC(C)C1CC2(CCl)C(CCl)CCCC2C(=O)C1=O. The van der Waals surface area contributed by atoms with Gasteiger partial charge in [-0.1, -0.05) is 20.3 Å². The van der Waals surface area contributed by atoms with E-state index in [0.29, 0.717) is 11.8 Å². The number of carbonyl (C=O) groups excluding carboxylic acids is 2. The monoisotopic (exact) mass is 304 g/mol. The number of rotatable bonds is 3. The summed E-state index contributed by atoms with van der Waals surface area (Å²) in [7, 11) is 0. The predicted molar refractivity (Wildman–Crippen MR) is 77.7 cm³/mol. The fourth-order valence-corrected chi connectivity index (χ4v) is 4.99. The molecule has 4 heteroatoms. The Kier molecular flexibility index (Phi) is 4.62. The number of fused-ring (bicyclic) bond motifs is 1. The first-order chi connectivity index (χ1) is 8.97. The van der Waals surface area contributed by atoms with Crippen molar-refractivity contribution in [3.63, 3.8) is 0 Å². The average Bonchev–Trinajstić information content (AvgIpc) is 2.41. The maximum atomic E-state index is 12.4. The van der Waals surface area contributed by atoms with E-state index in [1.807, 2.05) is 13.8 Å². The summed E-state index contributed by atoms with van der Waals surface area (Å²) in [5.74, 6) is 0.721. The molecule has 108 valence electrons. The lowest BCUT2D eigenvalue weighted by molar-refractivity contribution is -0.154. The lowest BCUT2D eigenvalue weighted by atomic mass is 9.52. The highest BCUT2D eigenvalue weighted by atomic mass is 35.5. The fourth-order valence-electron chi connectivity index (χ4n) is 4.01. The molecule has 4 atom stereocenters. The van der Waals surface area contributed by atoms with Crippen molar-refractivity contribution in [1.29, 1.82) is 0 Å². The van der Waals surface area contributed by atoms with E-state index in [0.717, 1.165) is 25.7 Å². The van der Waals surface area contributed by atoms with Gasteiger partial charge in [-0.2, -0.15) is 0 Å². The molecule has 0 spiro atoms. The Labute approximate surface area is 125 Å². The van der Waals surface area contributed by atoms with Crippen LogP contribution in [-0.2, 0) is 9.59 Å². The van der Waals surface area contributed by atoms with Crippen molar-refractivity contribution < 1.29 is 9.59 Å². The van der Waals surface area contributed by atoms with Gasteiger partial charge in [-0.25, -0.2) is 0 Å². The van der Waals surface area contributed by atoms with E-state index in [2.05, 4.69) is 0 Å². The van der Waals surface area contributed by atoms with E-state index in [1.54, 1.807) is 0 Å². The molecule has 0 radical (unpaired) electrons. The third-order valence-electron chi connectivity index (χ3n) is 5.29. The van der Waals surface area contributed by atoms with Crippen LogP contribution in [0.3, 0.4) is 0 Å². The molecule has 0 N–H and O–H groups in total. The van der Waals surface area contributed by atoms with Crippen molar-refractivity contribution in [2.45, 2.75) is 39.5 Å². The molecule has 2 saturated carbocycles. The lowest BCUT2D eigenvalue weighted by Gasteiger charge is -2.52. The number of carbonyl (C=O) groups is 2. The Morgan fingerprint density at radius 2 is 1.89 bits per heavy atom. The van der Waals surface area contributed by atoms with Gasteiger partial charge in [-0.3, -0.25) is 9.59 Å². The van der Waals surface area contributed by atoms with Gasteiger partial charge in [0.15, 0.2) is 0 Å². The second-order valence-electron chi connectivity index (χ2n) is 6.48. The molecule has 0 aliphatic heterocycles. The number of halogens is 2. The van der Waals surface area contributed by atoms with Crippen LogP contribution < -0.4 is 0 Å². The van der Waals surface area contributed by atoms with Crippen LogP contribution >= 0.6 is 23.2 Å². The van der Waals surface area contributed by atoms with Crippen LogP contribution in [0.5, 0.6) is 0 Å². The summed E-state index contributed by atoms with van der Waals surface area (Å²) in [4.78, 5) is 24.7. The standard InChI is InChI=1S/C15H22Cl2O2/c1-9(2)11-6-15(8-17)10(7-16)4-3-5-12(15)14(19)13(11)18/h9-12H,3-8H2,1-2H3. The minimum atomic E-state index is -0.249. The Morgan fingerprint density at radius 1 is 1.21 bits per heavy atom. The first-order valence-corrected chi connectivity index (χ1v) is 8.24. The van der Waals surface area contributed by atoms with Crippen molar-refractivity contribution in [3.05, 3.63) is 0 Å². The molecule has 0 aromatic heterocycles. The van der Waals surface area contributed by atoms with Crippen LogP contribution in [0.25, 0.3) is 0 Å². The third kappa shape index (κ3) is 2.35. The summed E-state index contributed by atoms with van der Waals surface area (Å²) in [6, 6.07) is 0. The number of ketones is 2. The zero-order valence-corrected chi connectivity index (χ0v) is 13.1. The topological polar surface area (TPSA) is 34.1 Å². The minimum absolute atomic E-state index is 0.170. The number of alkyl halides is 2. The van der Waals surface area contributed by atoms with Gasteiger partial charge >= 0.3 is 0 Å². The first-order valence-electron chi connectivity index (χ1n) is 7.18. The molecule has 2 rings (SSSR count). The molecule has 0 bridgehead atoms. The average molecular weight is 305 g/mol. The van der Waals surface area contributed by atoms with Gasteiger partial charge in [0.1, 0.15) is 0 Å². The molecule has 2 aliphatic carbocycles. The highest BCUT2D eigenvalue weighted by Gasteiger charge is 2.56. The predicted octanol–water partition coefficient (Wildman–Crippen LogP) is 3.68. The van der Waals surface area contributed by atoms with Gasteiger partial charge in [-0.15, -0.1) is 23.2 Å². The summed E-state index contributed by atoms with van der Waals surface area (Å²) >= 11 is 12.4. The molecule has 2 fully saturated rings. The number of hydrogen-bond acceptors (Lipinski definition) is 2. The second kappa shape index (κ2) is 5.73. The maximum Gasteiger partial charge on any atom is 0.202 e. The van der Waals surface area contributed by atoms with Crippen LogP contribution in [-0.4, -0.2) is 23.3 Å². The van der Waals surface area contributed by atoms with Gasteiger partial charge in [0.05, 0.1) is 0 Å².